The molecule has 0 aliphatic carbocycles. The van der Waals surface area contributed by atoms with Crippen LogP contribution in [0.3, 0.4) is 0 Å². The smallest absolute Gasteiger partial charge is 0.0408 e. The normalized spacial score (nSPS) is 13.2. The van der Waals surface area contributed by atoms with Crippen LogP contribution in [0.5, 0.6) is 0 Å². The summed E-state index contributed by atoms with van der Waals surface area (Å²) < 4.78 is 0. The lowest BCUT2D eigenvalue weighted by molar-refractivity contribution is 0.371. The summed E-state index contributed by atoms with van der Waals surface area (Å²) in [6.45, 7) is 0.895. The van der Waals surface area contributed by atoms with Crippen molar-refractivity contribution < 1.29 is 0 Å². The van der Waals surface area contributed by atoms with Gasteiger partial charge in [0.1, 0.15) is 0 Å². The summed E-state index contributed by atoms with van der Waals surface area (Å²) in [6.07, 6.45) is 0.874. The summed E-state index contributed by atoms with van der Waals surface area (Å²) in [7, 11) is 4.05. The minimum Gasteiger partial charge on any atom is -0.326 e. The lowest BCUT2D eigenvalue weighted by Crippen LogP contribution is -2.34. The van der Waals surface area contributed by atoms with Gasteiger partial charge < -0.3 is 10.6 Å². The highest BCUT2D eigenvalue weighted by Crippen LogP contribution is 2.11. The quantitative estimate of drug-likeness (QED) is 0.825. The van der Waals surface area contributed by atoms with E-state index in [4.69, 9.17) is 17.3 Å². The Kier molecular flexibility index (Phi) is 4.39. The highest BCUT2D eigenvalue weighted by molar-refractivity contribution is 6.30. The van der Waals surface area contributed by atoms with Crippen molar-refractivity contribution in [2.24, 2.45) is 5.73 Å². The van der Waals surface area contributed by atoms with Crippen LogP contribution in [0, 0.1) is 0 Å². The third-order valence-electron chi connectivity index (χ3n) is 1.99. The Morgan fingerprint density at radius 3 is 2.71 bits per heavy atom. The molecule has 0 radical (unpaired) electrons. The molecule has 1 rings (SSSR count). The highest BCUT2D eigenvalue weighted by Gasteiger charge is 2.05. The molecule has 0 saturated heterocycles. The Bertz CT molecular complexity index is 286. The average Bonchev–Trinajstić information content (AvgIpc) is 2.01. The highest BCUT2D eigenvalue weighted by atomic mass is 35.5. The Morgan fingerprint density at radius 1 is 1.43 bits per heavy atom. The second-order valence-corrected chi connectivity index (χ2v) is 4.29. The summed E-state index contributed by atoms with van der Waals surface area (Å²) >= 11 is 5.88. The first-order chi connectivity index (χ1) is 6.58. The first-order valence-electron chi connectivity index (χ1n) is 4.72. The van der Waals surface area contributed by atoms with Crippen molar-refractivity contribution in [1.29, 1.82) is 0 Å². The number of hydrogen-bond acceptors (Lipinski definition) is 2. The van der Waals surface area contributed by atoms with Gasteiger partial charge in [-0.25, -0.2) is 0 Å². The second kappa shape index (κ2) is 5.35. The molecule has 1 unspecified atom stereocenters. The zero-order chi connectivity index (χ0) is 10.6. The second-order valence-electron chi connectivity index (χ2n) is 3.86. The van der Waals surface area contributed by atoms with E-state index in [9.17, 15) is 0 Å². The lowest BCUT2D eigenvalue weighted by Gasteiger charge is -2.16. The number of nitrogens with zero attached hydrogens (tertiary/aromatic N) is 1. The summed E-state index contributed by atoms with van der Waals surface area (Å²) in [4.78, 5) is 2.09. The first kappa shape index (κ1) is 11.5. The molecular weight excluding hydrogens is 196 g/mol. The van der Waals surface area contributed by atoms with Crippen LogP contribution in [-0.2, 0) is 6.42 Å². The predicted octanol–water partition coefficient (Wildman–Crippen LogP) is 1.77. The minimum atomic E-state index is 0.170. The van der Waals surface area contributed by atoms with Crippen LogP contribution in [0.25, 0.3) is 0 Å². The van der Waals surface area contributed by atoms with Crippen molar-refractivity contribution in [2.75, 3.05) is 20.6 Å². The van der Waals surface area contributed by atoms with E-state index in [2.05, 4.69) is 11.0 Å². The Morgan fingerprint density at radius 2 is 2.14 bits per heavy atom. The molecule has 0 saturated carbocycles. The zero-order valence-corrected chi connectivity index (χ0v) is 9.46. The van der Waals surface area contributed by atoms with Crippen LogP contribution >= 0.6 is 11.6 Å². The first-order valence-corrected chi connectivity index (χ1v) is 5.10. The summed E-state index contributed by atoms with van der Waals surface area (Å²) in [6, 6.07) is 8.03. The molecule has 0 bridgehead atoms. The Hall–Kier alpha value is -0.570. The summed E-state index contributed by atoms with van der Waals surface area (Å²) in [5.74, 6) is 0. The molecule has 0 aromatic heterocycles. The Balaban J connectivity index is 2.51. The maximum atomic E-state index is 5.97. The van der Waals surface area contributed by atoms with E-state index < -0.39 is 0 Å². The maximum absolute atomic E-state index is 5.97. The molecule has 3 heteroatoms. The van der Waals surface area contributed by atoms with Crippen LogP contribution in [0.15, 0.2) is 24.3 Å². The molecule has 1 atom stereocenters. The van der Waals surface area contributed by atoms with Crippen LogP contribution in [-0.4, -0.2) is 31.6 Å². The van der Waals surface area contributed by atoms with Gasteiger partial charge in [0.25, 0.3) is 0 Å². The van der Waals surface area contributed by atoms with Gasteiger partial charge >= 0.3 is 0 Å². The molecule has 1 aromatic rings. The standard InChI is InChI=1S/C11H17ClN2/c1-14(2)8-11(13)7-9-4-3-5-10(12)6-9/h3-6,11H,7-8,13H2,1-2H3. The van der Waals surface area contributed by atoms with E-state index in [1.54, 1.807) is 0 Å². The molecule has 0 heterocycles. The largest absolute Gasteiger partial charge is 0.326 e. The molecular formula is C11H17ClN2. The summed E-state index contributed by atoms with van der Waals surface area (Å²) in [5, 5.41) is 0.777. The van der Waals surface area contributed by atoms with E-state index in [0.717, 1.165) is 18.0 Å². The Labute approximate surface area is 90.7 Å². The number of nitrogens with two attached hydrogens (primary N) is 1. The molecule has 2 N–H and O–H groups in total. The number of halogens is 1. The maximum Gasteiger partial charge on any atom is 0.0408 e. The third-order valence-corrected chi connectivity index (χ3v) is 2.22. The van der Waals surface area contributed by atoms with Gasteiger partial charge in [-0.3, -0.25) is 0 Å². The minimum absolute atomic E-state index is 0.170. The zero-order valence-electron chi connectivity index (χ0n) is 8.70. The molecule has 0 aliphatic rings. The number of benzene rings is 1. The van der Waals surface area contributed by atoms with Crippen molar-refractivity contribution in [2.45, 2.75) is 12.5 Å². The van der Waals surface area contributed by atoms with Gasteiger partial charge in [-0.1, -0.05) is 23.7 Å². The van der Waals surface area contributed by atoms with E-state index in [1.165, 1.54) is 5.56 Å². The molecule has 2 nitrogen and oxygen atoms in total. The molecule has 1 aromatic carbocycles. The van der Waals surface area contributed by atoms with Crippen LogP contribution in [0.2, 0.25) is 5.02 Å². The topological polar surface area (TPSA) is 29.3 Å². The summed E-state index contributed by atoms with van der Waals surface area (Å²) in [5.41, 5.74) is 7.17. The fraction of sp³-hybridized carbons (Fsp3) is 0.455. The van der Waals surface area contributed by atoms with Crippen molar-refractivity contribution in [1.82, 2.24) is 4.90 Å². The van der Waals surface area contributed by atoms with Gasteiger partial charge in [0, 0.05) is 17.6 Å². The van der Waals surface area contributed by atoms with Gasteiger partial charge in [-0.05, 0) is 38.2 Å². The van der Waals surface area contributed by atoms with Crippen LogP contribution in [0.1, 0.15) is 5.56 Å². The number of hydrogen-bond donors (Lipinski definition) is 1. The van der Waals surface area contributed by atoms with Gasteiger partial charge in [-0.15, -0.1) is 0 Å². The molecule has 78 valence electrons. The molecule has 0 spiro atoms. The van der Waals surface area contributed by atoms with Crippen molar-refractivity contribution >= 4 is 11.6 Å². The molecule has 14 heavy (non-hydrogen) atoms. The van der Waals surface area contributed by atoms with Crippen molar-refractivity contribution in [3.63, 3.8) is 0 Å². The predicted molar refractivity (Wildman–Crippen MR) is 61.7 cm³/mol. The molecule has 0 fully saturated rings. The van der Waals surface area contributed by atoms with Gasteiger partial charge in [-0.2, -0.15) is 0 Å². The number of likely N-dealkylation sites (N-methyl/N-ethyl adjacent to an activating group) is 1. The van der Waals surface area contributed by atoms with Gasteiger partial charge in [0.15, 0.2) is 0 Å². The molecule has 0 amide bonds. The van der Waals surface area contributed by atoms with Crippen LogP contribution < -0.4 is 5.73 Å². The SMILES string of the molecule is CN(C)CC(N)Cc1cccc(Cl)c1. The van der Waals surface area contributed by atoms with Crippen molar-refractivity contribution in [3.8, 4) is 0 Å². The third kappa shape index (κ3) is 4.09. The van der Waals surface area contributed by atoms with Gasteiger partial charge in [0.05, 0.1) is 0 Å². The average molecular weight is 213 g/mol. The van der Waals surface area contributed by atoms with Crippen LogP contribution in [0.4, 0.5) is 0 Å². The van der Waals surface area contributed by atoms with E-state index >= 15 is 0 Å². The lowest BCUT2D eigenvalue weighted by atomic mass is 10.1. The van der Waals surface area contributed by atoms with Gasteiger partial charge in [0.2, 0.25) is 0 Å². The van der Waals surface area contributed by atoms with E-state index in [0.29, 0.717) is 0 Å². The van der Waals surface area contributed by atoms with Crippen molar-refractivity contribution in [3.05, 3.63) is 34.9 Å². The number of rotatable bonds is 4. The fourth-order valence-electron chi connectivity index (χ4n) is 1.50. The van der Waals surface area contributed by atoms with E-state index in [-0.39, 0.29) is 6.04 Å². The monoisotopic (exact) mass is 212 g/mol. The molecule has 0 aliphatic heterocycles. The fourth-order valence-corrected chi connectivity index (χ4v) is 1.71. The van der Waals surface area contributed by atoms with E-state index in [1.807, 2.05) is 32.3 Å².